The maximum Gasteiger partial charge on any atom is 0.250 e. The molecule has 2 aromatic carbocycles. The summed E-state index contributed by atoms with van der Waals surface area (Å²) in [6.45, 7) is 0.172. The topological polar surface area (TPSA) is 122 Å². The van der Waals surface area contributed by atoms with Gasteiger partial charge in [0.1, 0.15) is 11.4 Å². The second-order valence-electron chi connectivity index (χ2n) is 8.78. The Balaban J connectivity index is 1.53. The number of benzene rings is 2. The molecule has 2 fully saturated rings. The van der Waals surface area contributed by atoms with Crippen LogP contribution in [0.25, 0.3) is 0 Å². The summed E-state index contributed by atoms with van der Waals surface area (Å²) in [6.07, 6.45) is 0.642. The third kappa shape index (κ3) is 3.22. The van der Waals surface area contributed by atoms with Crippen molar-refractivity contribution in [3.63, 3.8) is 0 Å². The van der Waals surface area contributed by atoms with Gasteiger partial charge in [-0.05, 0) is 36.6 Å². The number of hydrogen-bond acceptors (Lipinski definition) is 5. The largest absolute Gasteiger partial charge is 0.370 e. The molecular weight excluding hydrogens is 427 g/mol. The van der Waals surface area contributed by atoms with E-state index in [4.69, 9.17) is 5.73 Å². The molecule has 3 aliphatic heterocycles. The molecule has 0 saturated carbocycles. The number of carbonyl (C=O) groups excluding carboxylic acids is 4. The Morgan fingerprint density at radius 1 is 1.09 bits per heavy atom. The summed E-state index contributed by atoms with van der Waals surface area (Å²) in [6, 6.07) is 12.7. The van der Waals surface area contributed by atoms with Crippen molar-refractivity contribution in [2.45, 2.75) is 30.8 Å². The van der Waals surface area contributed by atoms with Crippen molar-refractivity contribution in [1.29, 1.82) is 0 Å². The highest BCUT2D eigenvalue weighted by Gasteiger charge is 2.70. The van der Waals surface area contributed by atoms with Gasteiger partial charge in [0.15, 0.2) is 0 Å². The number of fused-ring (bicyclic) bond motifs is 4. The van der Waals surface area contributed by atoms with Crippen LogP contribution < -0.4 is 16.4 Å². The van der Waals surface area contributed by atoms with Crippen molar-refractivity contribution in [3.8, 4) is 0 Å². The van der Waals surface area contributed by atoms with Crippen LogP contribution in [0.3, 0.4) is 0 Å². The molecule has 0 radical (unpaired) electrons. The fraction of sp³-hybridized carbons (Fsp3) is 0.333. The van der Waals surface area contributed by atoms with Gasteiger partial charge in [-0.2, -0.15) is 0 Å². The van der Waals surface area contributed by atoms with E-state index >= 15 is 0 Å². The van der Waals surface area contributed by atoms with Crippen LogP contribution in [0, 0.1) is 17.7 Å². The Morgan fingerprint density at radius 2 is 1.85 bits per heavy atom. The van der Waals surface area contributed by atoms with Crippen LogP contribution in [-0.4, -0.2) is 41.1 Å². The highest BCUT2D eigenvalue weighted by atomic mass is 19.1. The number of nitrogens with one attached hydrogen (secondary N) is 2. The highest BCUT2D eigenvalue weighted by Crippen LogP contribution is 2.53. The lowest BCUT2D eigenvalue weighted by molar-refractivity contribution is -0.142. The molecule has 0 aliphatic carbocycles. The van der Waals surface area contributed by atoms with E-state index in [2.05, 4.69) is 10.6 Å². The van der Waals surface area contributed by atoms with Gasteiger partial charge in [0.25, 0.3) is 0 Å². The molecule has 8 nitrogen and oxygen atoms in total. The molecule has 170 valence electrons. The van der Waals surface area contributed by atoms with E-state index in [-0.39, 0.29) is 19.4 Å². The fourth-order valence-electron chi connectivity index (χ4n) is 5.49. The molecule has 3 aliphatic rings. The maximum atomic E-state index is 14.2. The van der Waals surface area contributed by atoms with Gasteiger partial charge < -0.3 is 11.1 Å². The summed E-state index contributed by atoms with van der Waals surface area (Å²) in [5.41, 5.74) is 5.40. The van der Waals surface area contributed by atoms with Crippen molar-refractivity contribution >= 4 is 29.3 Å². The Morgan fingerprint density at radius 3 is 2.58 bits per heavy atom. The van der Waals surface area contributed by atoms with Gasteiger partial charge >= 0.3 is 0 Å². The summed E-state index contributed by atoms with van der Waals surface area (Å²) in [5, 5.41) is 5.88. The Hall–Kier alpha value is -3.59. The molecule has 2 unspecified atom stereocenters. The predicted molar refractivity (Wildman–Crippen MR) is 116 cm³/mol. The van der Waals surface area contributed by atoms with Crippen molar-refractivity contribution in [1.82, 2.24) is 10.2 Å². The van der Waals surface area contributed by atoms with Crippen molar-refractivity contribution in [2.24, 2.45) is 17.6 Å². The molecule has 2 saturated heterocycles. The second kappa shape index (κ2) is 7.77. The first-order valence-electron chi connectivity index (χ1n) is 10.9. The summed E-state index contributed by atoms with van der Waals surface area (Å²) in [5.74, 6) is -4.37. The third-order valence-corrected chi connectivity index (χ3v) is 6.94. The van der Waals surface area contributed by atoms with E-state index in [1.54, 1.807) is 0 Å². The predicted octanol–water partition coefficient (Wildman–Crippen LogP) is 1.05. The van der Waals surface area contributed by atoms with Crippen molar-refractivity contribution in [2.75, 3.05) is 11.9 Å². The van der Waals surface area contributed by atoms with E-state index in [1.165, 1.54) is 23.1 Å². The molecule has 3 heterocycles. The number of amides is 4. The number of halogens is 1. The number of carbonyl (C=O) groups is 4. The molecule has 33 heavy (non-hydrogen) atoms. The van der Waals surface area contributed by atoms with E-state index < -0.39 is 52.9 Å². The number of hydrogen-bond donors (Lipinski definition) is 3. The number of likely N-dealkylation sites (tertiary alicyclic amines) is 1. The first kappa shape index (κ1) is 21.3. The van der Waals surface area contributed by atoms with E-state index in [0.29, 0.717) is 17.7 Å². The number of rotatable bonds is 6. The van der Waals surface area contributed by atoms with Crippen LogP contribution >= 0.6 is 0 Å². The van der Waals surface area contributed by atoms with Gasteiger partial charge in [-0.15, -0.1) is 0 Å². The molecule has 9 heteroatoms. The molecule has 4 amide bonds. The van der Waals surface area contributed by atoms with Crippen molar-refractivity contribution in [3.05, 3.63) is 65.5 Å². The summed E-state index contributed by atoms with van der Waals surface area (Å²) >= 11 is 0. The minimum Gasteiger partial charge on any atom is -0.370 e. The van der Waals surface area contributed by atoms with E-state index in [1.807, 2.05) is 30.3 Å². The molecule has 5 rings (SSSR count). The van der Waals surface area contributed by atoms with Crippen LogP contribution in [-0.2, 0) is 31.1 Å². The van der Waals surface area contributed by atoms with E-state index in [9.17, 15) is 23.6 Å². The fourth-order valence-corrected chi connectivity index (χ4v) is 5.49. The average molecular weight is 450 g/mol. The number of primary amides is 1. The monoisotopic (exact) mass is 450 g/mol. The number of nitrogens with zero attached hydrogens (tertiary/aromatic N) is 1. The molecule has 0 aromatic heterocycles. The van der Waals surface area contributed by atoms with Crippen molar-refractivity contribution < 1.29 is 23.6 Å². The minimum absolute atomic E-state index is 0.0138. The molecule has 4 atom stereocenters. The Labute approximate surface area is 189 Å². The number of imide groups is 1. The van der Waals surface area contributed by atoms with E-state index in [0.717, 1.165) is 5.56 Å². The van der Waals surface area contributed by atoms with Crippen LogP contribution in [0.4, 0.5) is 10.1 Å². The van der Waals surface area contributed by atoms with Gasteiger partial charge in [-0.3, -0.25) is 29.4 Å². The number of nitrogens with two attached hydrogens (primary N) is 1. The quantitative estimate of drug-likeness (QED) is 0.568. The van der Waals surface area contributed by atoms with Gasteiger partial charge in [0.2, 0.25) is 23.6 Å². The minimum atomic E-state index is -1.58. The Bertz CT molecular complexity index is 1170. The normalized spacial score (nSPS) is 27.7. The molecule has 4 N–H and O–H groups in total. The van der Waals surface area contributed by atoms with Gasteiger partial charge in [-0.1, -0.05) is 30.3 Å². The zero-order valence-corrected chi connectivity index (χ0v) is 17.7. The second-order valence-corrected chi connectivity index (χ2v) is 8.78. The lowest BCUT2D eigenvalue weighted by Crippen LogP contribution is -2.53. The molecule has 1 spiro atoms. The van der Waals surface area contributed by atoms with Gasteiger partial charge in [-0.25, -0.2) is 4.39 Å². The SMILES string of the molecule is NC(=O)CCC1NC2(C(=O)Nc3ccc(F)cc32)[C@H]2C(=O)N(CCc3ccccc3)C(=O)[C@@H]12. The Kier molecular flexibility index (Phi) is 5.01. The molecular formula is C24H23FN4O4. The van der Waals surface area contributed by atoms with Crippen LogP contribution in [0.1, 0.15) is 24.0 Å². The maximum absolute atomic E-state index is 14.2. The molecule has 2 aromatic rings. The van der Waals surface area contributed by atoms with Gasteiger partial charge in [0, 0.05) is 30.3 Å². The third-order valence-electron chi connectivity index (χ3n) is 6.94. The van der Waals surface area contributed by atoms with Crippen LogP contribution in [0.5, 0.6) is 0 Å². The lowest BCUT2D eigenvalue weighted by Gasteiger charge is -2.29. The number of anilines is 1. The van der Waals surface area contributed by atoms with Crippen LogP contribution in [0.2, 0.25) is 0 Å². The standard InChI is InChI=1S/C24H23FN4O4/c25-14-6-7-16-15(12-14)24(23(33)27-16)20-19(17(28-24)8-9-18(26)30)21(31)29(22(20)32)11-10-13-4-2-1-3-5-13/h1-7,12,17,19-20,28H,8-11H2,(H2,26,30)(H,27,33)/t17?,19-,20+,24?/m0/s1. The zero-order chi connectivity index (χ0) is 23.3. The lowest BCUT2D eigenvalue weighted by atomic mass is 9.76. The first-order valence-corrected chi connectivity index (χ1v) is 10.9. The first-order chi connectivity index (χ1) is 15.8. The summed E-state index contributed by atoms with van der Waals surface area (Å²) in [4.78, 5) is 52.9. The summed E-state index contributed by atoms with van der Waals surface area (Å²) < 4.78 is 14.2. The molecule has 0 bridgehead atoms. The van der Waals surface area contributed by atoms with Crippen LogP contribution in [0.15, 0.2) is 48.5 Å². The average Bonchev–Trinajstić information content (AvgIpc) is 3.37. The highest BCUT2D eigenvalue weighted by molar-refractivity contribution is 6.15. The zero-order valence-electron chi connectivity index (χ0n) is 17.7. The summed E-state index contributed by atoms with van der Waals surface area (Å²) in [7, 11) is 0. The smallest absolute Gasteiger partial charge is 0.250 e. The van der Waals surface area contributed by atoms with Gasteiger partial charge in [0.05, 0.1) is 11.8 Å².